The van der Waals surface area contributed by atoms with Crippen molar-refractivity contribution in [3.63, 3.8) is 0 Å². The maximum Gasteiger partial charge on any atom is -0.0225 e. The van der Waals surface area contributed by atoms with Crippen LogP contribution in [0.15, 0.2) is 24.3 Å². The SMILES string of the molecule is C/C=C(\C)c1cc(C)cc(CC)c1.CC. The summed E-state index contributed by atoms with van der Waals surface area (Å²) in [5.74, 6) is 0. The lowest BCUT2D eigenvalue weighted by molar-refractivity contribution is 1.13. The molecule has 0 spiro atoms. The smallest absolute Gasteiger partial charge is 0.0225 e. The van der Waals surface area contributed by atoms with E-state index in [0.29, 0.717) is 0 Å². The first-order chi connectivity index (χ1) is 7.17. The lowest BCUT2D eigenvalue weighted by atomic mass is 10.0. The Balaban J connectivity index is 0.000000921. The summed E-state index contributed by atoms with van der Waals surface area (Å²) in [5.41, 5.74) is 5.50. The monoisotopic (exact) mass is 204 g/mol. The van der Waals surface area contributed by atoms with Gasteiger partial charge in [-0.3, -0.25) is 0 Å². The summed E-state index contributed by atoms with van der Waals surface area (Å²) in [5, 5.41) is 0. The van der Waals surface area contributed by atoms with E-state index in [-0.39, 0.29) is 0 Å². The van der Waals surface area contributed by atoms with E-state index in [1.54, 1.807) is 0 Å². The van der Waals surface area contributed by atoms with Gasteiger partial charge in [0.25, 0.3) is 0 Å². The summed E-state index contributed by atoms with van der Waals surface area (Å²) in [6.45, 7) is 12.6. The molecule has 84 valence electrons. The fraction of sp³-hybridized carbons (Fsp3) is 0.467. The summed E-state index contributed by atoms with van der Waals surface area (Å²) >= 11 is 0. The van der Waals surface area contributed by atoms with E-state index in [1.807, 2.05) is 13.8 Å². The maximum atomic E-state index is 2.28. The average Bonchev–Trinajstić information content (AvgIpc) is 2.29. The minimum atomic E-state index is 1.12. The van der Waals surface area contributed by atoms with Crippen LogP contribution < -0.4 is 0 Å². The Labute approximate surface area is 95.0 Å². The Morgan fingerprint density at radius 3 is 2.27 bits per heavy atom. The van der Waals surface area contributed by atoms with Crippen molar-refractivity contribution in [1.82, 2.24) is 0 Å². The van der Waals surface area contributed by atoms with E-state index in [0.717, 1.165) is 6.42 Å². The Bertz CT molecular complexity index is 319. The summed E-state index contributed by atoms with van der Waals surface area (Å²) in [7, 11) is 0. The normalized spacial score (nSPS) is 10.7. The fourth-order valence-corrected chi connectivity index (χ4v) is 1.46. The molecule has 15 heavy (non-hydrogen) atoms. The van der Waals surface area contributed by atoms with Crippen LogP contribution in [0.1, 0.15) is 51.3 Å². The zero-order chi connectivity index (χ0) is 11.8. The molecule has 0 aliphatic carbocycles. The van der Waals surface area contributed by atoms with E-state index >= 15 is 0 Å². The van der Waals surface area contributed by atoms with Crippen LogP contribution in [0.2, 0.25) is 0 Å². The van der Waals surface area contributed by atoms with Gasteiger partial charge >= 0.3 is 0 Å². The van der Waals surface area contributed by atoms with Gasteiger partial charge in [-0.25, -0.2) is 0 Å². The second-order valence-corrected chi connectivity index (χ2v) is 3.53. The molecule has 0 unspecified atom stereocenters. The molecule has 0 saturated heterocycles. The number of rotatable bonds is 2. The number of aryl methyl sites for hydroxylation is 2. The molecule has 0 aliphatic heterocycles. The molecule has 1 rings (SSSR count). The molecule has 0 fully saturated rings. The lowest BCUT2D eigenvalue weighted by Crippen LogP contribution is -1.87. The van der Waals surface area contributed by atoms with Crippen molar-refractivity contribution in [3.05, 3.63) is 41.0 Å². The van der Waals surface area contributed by atoms with Crippen LogP contribution >= 0.6 is 0 Å². The molecule has 0 bridgehead atoms. The number of benzene rings is 1. The van der Waals surface area contributed by atoms with Crippen LogP contribution in [-0.4, -0.2) is 0 Å². The molecule has 0 heterocycles. The van der Waals surface area contributed by atoms with Crippen LogP contribution in [0.4, 0.5) is 0 Å². The Hall–Kier alpha value is -1.04. The number of hydrogen-bond acceptors (Lipinski definition) is 0. The number of allylic oxidation sites excluding steroid dienone is 2. The largest absolute Gasteiger partial charge is 0.0841 e. The van der Waals surface area contributed by atoms with Gasteiger partial charge in [0.1, 0.15) is 0 Å². The molecule has 0 heteroatoms. The van der Waals surface area contributed by atoms with Gasteiger partial charge in [0, 0.05) is 0 Å². The molecule has 0 aliphatic rings. The second-order valence-electron chi connectivity index (χ2n) is 3.53. The topological polar surface area (TPSA) is 0 Å². The highest BCUT2D eigenvalue weighted by atomic mass is 14.0. The highest BCUT2D eigenvalue weighted by Gasteiger charge is 1.98. The molecule has 0 N–H and O–H groups in total. The minimum Gasteiger partial charge on any atom is -0.0841 e. The highest BCUT2D eigenvalue weighted by Crippen LogP contribution is 2.17. The zero-order valence-electron chi connectivity index (χ0n) is 11.0. The molecule has 0 amide bonds. The van der Waals surface area contributed by atoms with Crippen molar-refractivity contribution in [2.24, 2.45) is 0 Å². The number of hydrogen-bond donors (Lipinski definition) is 0. The summed E-state index contributed by atoms with van der Waals surface area (Å²) < 4.78 is 0. The predicted molar refractivity (Wildman–Crippen MR) is 71.2 cm³/mol. The van der Waals surface area contributed by atoms with Gasteiger partial charge < -0.3 is 0 Å². The lowest BCUT2D eigenvalue weighted by Gasteiger charge is -2.06. The summed E-state index contributed by atoms with van der Waals surface area (Å²) in [4.78, 5) is 0. The fourth-order valence-electron chi connectivity index (χ4n) is 1.46. The molecule has 0 nitrogen and oxygen atoms in total. The molecule has 0 saturated carbocycles. The molecule has 0 atom stereocenters. The van der Waals surface area contributed by atoms with Gasteiger partial charge in [-0.1, -0.05) is 50.6 Å². The molecular formula is C15H24. The second kappa shape index (κ2) is 7.28. The van der Waals surface area contributed by atoms with Gasteiger partial charge in [-0.2, -0.15) is 0 Å². The maximum absolute atomic E-state index is 2.28. The first-order valence-electron chi connectivity index (χ1n) is 5.91. The van der Waals surface area contributed by atoms with Gasteiger partial charge in [0.2, 0.25) is 0 Å². The first-order valence-corrected chi connectivity index (χ1v) is 5.91. The minimum absolute atomic E-state index is 1.12. The summed E-state index contributed by atoms with van der Waals surface area (Å²) in [6, 6.07) is 6.78. The van der Waals surface area contributed by atoms with Crippen molar-refractivity contribution in [1.29, 1.82) is 0 Å². The van der Waals surface area contributed by atoms with Crippen molar-refractivity contribution in [2.75, 3.05) is 0 Å². The Morgan fingerprint density at radius 1 is 1.20 bits per heavy atom. The molecule has 0 radical (unpaired) electrons. The quantitative estimate of drug-likeness (QED) is 0.635. The summed E-state index contributed by atoms with van der Waals surface area (Å²) in [6.07, 6.45) is 3.28. The predicted octanol–water partition coefficient (Wildman–Crippen LogP) is 5.01. The van der Waals surface area contributed by atoms with E-state index in [1.165, 1.54) is 22.3 Å². The molecular weight excluding hydrogens is 180 g/mol. The van der Waals surface area contributed by atoms with E-state index in [2.05, 4.69) is 52.0 Å². The van der Waals surface area contributed by atoms with Crippen molar-refractivity contribution < 1.29 is 0 Å². The third kappa shape index (κ3) is 4.33. The van der Waals surface area contributed by atoms with E-state index in [4.69, 9.17) is 0 Å². The van der Waals surface area contributed by atoms with Crippen LogP contribution in [0.25, 0.3) is 5.57 Å². The standard InChI is InChI=1S/C13H18.C2H6/c1-5-11(4)13-8-10(3)7-12(6-2)9-13;1-2/h5,7-9H,6H2,1-4H3;1-2H3/b11-5+;. The molecule has 0 aromatic heterocycles. The van der Waals surface area contributed by atoms with E-state index in [9.17, 15) is 0 Å². The average molecular weight is 204 g/mol. The first kappa shape index (κ1) is 14.0. The zero-order valence-corrected chi connectivity index (χ0v) is 11.0. The van der Waals surface area contributed by atoms with Crippen molar-refractivity contribution >= 4 is 5.57 Å². The van der Waals surface area contributed by atoms with Gasteiger partial charge in [-0.05, 0) is 43.9 Å². The molecule has 1 aromatic carbocycles. The van der Waals surface area contributed by atoms with E-state index < -0.39 is 0 Å². The Kier molecular flexibility index (Phi) is 6.77. The van der Waals surface area contributed by atoms with Gasteiger partial charge in [0.05, 0.1) is 0 Å². The van der Waals surface area contributed by atoms with Gasteiger partial charge in [0.15, 0.2) is 0 Å². The third-order valence-electron chi connectivity index (χ3n) is 2.43. The Morgan fingerprint density at radius 2 is 1.80 bits per heavy atom. The highest BCUT2D eigenvalue weighted by molar-refractivity contribution is 5.64. The van der Waals surface area contributed by atoms with Crippen molar-refractivity contribution in [3.8, 4) is 0 Å². The molecule has 1 aromatic rings. The van der Waals surface area contributed by atoms with Gasteiger partial charge in [-0.15, -0.1) is 0 Å². The van der Waals surface area contributed by atoms with Crippen LogP contribution in [0.5, 0.6) is 0 Å². The van der Waals surface area contributed by atoms with Crippen LogP contribution in [0.3, 0.4) is 0 Å². The van der Waals surface area contributed by atoms with Crippen LogP contribution in [0, 0.1) is 6.92 Å². The third-order valence-corrected chi connectivity index (χ3v) is 2.43. The van der Waals surface area contributed by atoms with Crippen LogP contribution in [-0.2, 0) is 6.42 Å². The van der Waals surface area contributed by atoms with Crippen molar-refractivity contribution in [2.45, 2.75) is 48.0 Å².